The third kappa shape index (κ3) is 2.87. The second kappa shape index (κ2) is 4.55. The second-order valence-electron chi connectivity index (χ2n) is 2.95. The van der Waals surface area contributed by atoms with Crippen LogP contribution in [0.3, 0.4) is 0 Å². The fraction of sp³-hybridized carbons (Fsp3) is 0.100. The molecule has 5 heteroatoms. The van der Waals surface area contributed by atoms with E-state index in [-0.39, 0.29) is 0 Å². The van der Waals surface area contributed by atoms with E-state index >= 15 is 0 Å². The van der Waals surface area contributed by atoms with Gasteiger partial charge >= 0.3 is 0 Å². The number of hydrogen-bond acceptors (Lipinski definition) is 5. The summed E-state index contributed by atoms with van der Waals surface area (Å²) in [4.78, 5) is 6.27. The lowest BCUT2D eigenvalue weighted by molar-refractivity contribution is 0.475. The highest BCUT2D eigenvalue weighted by Gasteiger charge is 2.00. The molecule has 2 aromatic rings. The maximum Gasteiger partial charge on any atom is 0.180 e. The molecule has 1 aromatic heterocycles. The van der Waals surface area contributed by atoms with E-state index in [1.54, 1.807) is 30.1 Å². The minimum absolute atomic E-state index is 0.293. The van der Waals surface area contributed by atoms with Gasteiger partial charge in [-0.15, -0.1) is 23.1 Å². The number of nitrogen functional groups attached to an aromatic ring is 1. The molecule has 0 amide bonds. The molecule has 2 rings (SSSR count). The summed E-state index contributed by atoms with van der Waals surface area (Å²) in [6.07, 6.45) is 1.80. The molecule has 0 aliphatic rings. The Bertz CT molecular complexity index is 439. The van der Waals surface area contributed by atoms with Gasteiger partial charge in [0.2, 0.25) is 0 Å². The monoisotopic (exact) mass is 238 g/mol. The van der Waals surface area contributed by atoms with E-state index in [2.05, 4.69) is 4.98 Å². The number of nitrogens with zero attached hydrogens (tertiary/aromatic N) is 1. The molecule has 0 unspecified atom stereocenters. The second-order valence-corrected chi connectivity index (χ2v) is 5.14. The average molecular weight is 238 g/mol. The largest absolute Gasteiger partial charge is 0.508 e. The van der Waals surface area contributed by atoms with Crippen molar-refractivity contribution >= 4 is 28.2 Å². The van der Waals surface area contributed by atoms with Gasteiger partial charge in [0.25, 0.3) is 0 Å². The number of phenols is 1. The molecule has 3 nitrogen and oxygen atoms in total. The zero-order chi connectivity index (χ0) is 10.7. The van der Waals surface area contributed by atoms with E-state index in [1.165, 1.54) is 11.3 Å². The molecule has 1 aromatic carbocycles. The minimum atomic E-state index is 0.293. The van der Waals surface area contributed by atoms with E-state index in [0.717, 1.165) is 15.5 Å². The summed E-state index contributed by atoms with van der Waals surface area (Å²) in [5.74, 6) is 1.15. The first-order valence-corrected chi connectivity index (χ1v) is 6.16. The lowest BCUT2D eigenvalue weighted by atomic mass is 10.3. The predicted octanol–water partition coefficient (Wildman–Crippen LogP) is 2.72. The highest BCUT2D eigenvalue weighted by Crippen LogP contribution is 2.27. The van der Waals surface area contributed by atoms with Gasteiger partial charge in [-0.3, -0.25) is 0 Å². The van der Waals surface area contributed by atoms with Crippen molar-refractivity contribution in [3.63, 3.8) is 0 Å². The number of phenolic OH excluding ortho intramolecular Hbond substituents is 1. The van der Waals surface area contributed by atoms with Crippen LogP contribution in [0.5, 0.6) is 5.75 Å². The molecule has 1 heterocycles. The molecule has 78 valence electrons. The smallest absolute Gasteiger partial charge is 0.180 e. The molecule has 0 radical (unpaired) electrons. The fourth-order valence-electron chi connectivity index (χ4n) is 1.09. The van der Waals surface area contributed by atoms with Gasteiger partial charge in [0.15, 0.2) is 5.13 Å². The maximum absolute atomic E-state index is 9.11. The number of nitrogens with two attached hydrogens (primary N) is 1. The number of aromatic nitrogens is 1. The summed E-state index contributed by atoms with van der Waals surface area (Å²) in [6.45, 7) is 0. The van der Waals surface area contributed by atoms with Crippen molar-refractivity contribution in [3.05, 3.63) is 35.3 Å². The Morgan fingerprint density at radius 3 is 2.67 bits per heavy atom. The summed E-state index contributed by atoms with van der Waals surface area (Å²) in [5, 5.41) is 9.72. The normalized spacial score (nSPS) is 10.4. The standard InChI is InChI=1S/C10H10N2OS2/c11-10-12-5-9(15-10)6-14-8-3-1-7(13)2-4-8/h1-5,13H,6H2,(H2,11,12). The van der Waals surface area contributed by atoms with Gasteiger partial charge in [-0.1, -0.05) is 0 Å². The van der Waals surface area contributed by atoms with Crippen molar-refractivity contribution in [1.82, 2.24) is 4.98 Å². The van der Waals surface area contributed by atoms with Crippen LogP contribution in [0.15, 0.2) is 35.4 Å². The van der Waals surface area contributed by atoms with E-state index in [9.17, 15) is 0 Å². The first-order valence-electron chi connectivity index (χ1n) is 4.36. The van der Waals surface area contributed by atoms with Gasteiger partial charge in [-0.25, -0.2) is 4.98 Å². The van der Waals surface area contributed by atoms with Crippen molar-refractivity contribution < 1.29 is 5.11 Å². The molecule has 0 aliphatic heterocycles. The van der Waals surface area contributed by atoms with E-state index < -0.39 is 0 Å². The number of thioether (sulfide) groups is 1. The van der Waals surface area contributed by atoms with Crippen LogP contribution >= 0.6 is 23.1 Å². The van der Waals surface area contributed by atoms with E-state index in [1.807, 2.05) is 12.1 Å². The fourth-order valence-corrected chi connectivity index (χ4v) is 2.69. The third-order valence-corrected chi connectivity index (χ3v) is 3.86. The Morgan fingerprint density at radius 2 is 2.07 bits per heavy atom. The summed E-state index contributed by atoms with van der Waals surface area (Å²) in [7, 11) is 0. The quantitative estimate of drug-likeness (QED) is 0.807. The molecule has 0 saturated carbocycles. The highest BCUT2D eigenvalue weighted by molar-refractivity contribution is 7.98. The molecule has 15 heavy (non-hydrogen) atoms. The number of rotatable bonds is 3. The number of aromatic hydroxyl groups is 1. The van der Waals surface area contributed by atoms with Gasteiger partial charge < -0.3 is 10.8 Å². The number of hydrogen-bond donors (Lipinski definition) is 2. The topological polar surface area (TPSA) is 59.1 Å². The minimum Gasteiger partial charge on any atom is -0.508 e. The number of benzene rings is 1. The molecular weight excluding hydrogens is 228 g/mol. The van der Waals surface area contributed by atoms with Crippen molar-refractivity contribution in [3.8, 4) is 5.75 Å². The lowest BCUT2D eigenvalue weighted by Crippen LogP contribution is -1.77. The van der Waals surface area contributed by atoms with Gasteiger partial charge in [-0.05, 0) is 24.3 Å². The first-order chi connectivity index (χ1) is 7.24. The Kier molecular flexibility index (Phi) is 3.13. The predicted molar refractivity (Wildman–Crippen MR) is 64.2 cm³/mol. The van der Waals surface area contributed by atoms with Crippen LogP contribution in [-0.4, -0.2) is 10.1 Å². The van der Waals surface area contributed by atoms with Crippen LogP contribution in [0.25, 0.3) is 0 Å². The van der Waals surface area contributed by atoms with Gasteiger partial charge in [0.1, 0.15) is 5.75 Å². The van der Waals surface area contributed by atoms with Crippen LogP contribution in [0.1, 0.15) is 4.88 Å². The Balaban J connectivity index is 1.96. The SMILES string of the molecule is Nc1ncc(CSc2ccc(O)cc2)s1. The zero-order valence-corrected chi connectivity index (χ0v) is 9.52. The molecule has 0 bridgehead atoms. The summed E-state index contributed by atoms with van der Waals surface area (Å²) in [5.41, 5.74) is 5.53. The van der Waals surface area contributed by atoms with Crippen LogP contribution in [0.4, 0.5) is 5.13 Å². The Labute approximate surface area is 96.0 Å². The number of anilines is 1. The van der Waals surface area contributed by atoms with E-state index in [0.29, 0.717) is 10.9 Å². The molecule has 0 atom stereocenters. The van der Waals surface area contributed by atoms with Crippen molar-refractivity contribution in [2.45, 2.75) is 10.6 Å². The first kappa shape index (κ1) is 10.3. The van der Waals surface area contributed by atoms with Gasteiger partial charge in [-0.2, -0.15) is 0 Å². The summed E-state index contributed by atoms with van der Waals surface area (Å²) < 4.78 is 0. The van der Waals surface area contributed by atoms with E-state index in [4.69, 9.17) is 10.8 Å². The van der Waals surface area contributed by atoms with Gasteiger partial charge in [0, 0.05) is 21.7 Å². The lowest BCUT2D eigenvalue weighted by Gasteiger charge is -1.99. The Hall–Kier alpha value is -1.20. The van der Waals surface area contributed by atoms with Crippen LogP contribution in [0.2, 0.25) is 0 Å². The number of thiazole rings is 1. The van der Waals surface area contributed by atoms with Gasteiger partial charge in [0.05, 0.1) is 0 Å². The van der Waals surface area contributed by atoms with Crippen LogP contribution < -0.4 is 5.73 Å². The molecular formula is C10H10N2OS2. The highest BCUT2D eigenvalue weighted by atomic mass is 32.2. The van der Waals surface area contributed by atoms with Crippen molar-refractivity contribution in [1.29, 1.82) is 0 Å². The maximum atomic E-state index is 9.11. The van der Waals surface area contributed by atoms with Crippen molar-refractivity contribution in [2.75, 3.05) is 5.73 Å². The molecule has 0 spiro atoms. The molecule has 0 fully saturated rings. The van der Waals surface area contributed by atoms with Crippen LogP contribution in [0, 0.1) is 0 Å². The summed E-state index contributed by atoms with van der Waals surface area (Å²) >= 11 is 3.21. The molecule has 0 saturated heterocycles. The van der Waals surface area contributed by atoms with Crippen LogP contribution in [-0.2, 0) is 5.75 Å². The third-order valence-electron chi connectivity index (χ3n) is 1.79. The summed E-state index contributed by atoms with van der Waals surface area (Å²) in [6, 6.07) is 7.15. The average Bonchev–Trinajstić information content (AvgIpc) is 2.64. The zero-order valence-electron chi connectivity index (χ0n) is 7.88. The van der Waals surface area contributed by atoms with Crippen molar-refractivity contribution in [2.24, 2.45) is 0 Å². The molecule has 0 aliphatic carbocycles. The molecule has 3 N–H and O–H groups in total. The Morgan fingerprint density at radius 1 is 1.33 bits per heavy atom.